The molecule has 3 rings (SSSR count). The van der Waals surface area contributed by atoms with Crippen LogP contribution in [0.4, 0.5) is 0 Å². The smallest absolute Gasteiger partial charge is 0.0597 e. The van der Waals surface area contributed by atoms with E-state index in [2.05, 4.69) is 22.5 Å². The molecule has 2 aromatic rings. The molecule has 0 aromatic carbocycles. The summed E-state index contributed by atoms with van der Waals surface area (Å²) in [4.78, 5) is 3.08. The predicted octanol–water partition coefficient (Wildman–Crippen LogP) is 2.57. The quantitative estimate of drug-likeness (QED) is 0.916. The average molecular weight is 261 g/mol. The maximum Gasteiger partial charge on any atom is 0.0597 e. The first kappa shape index (κ1) is 11.9. The second-order valence-electron chi connectivity index (χ2n) is 5.02. The van der Waals surface area contributed by atoms with E-state index >= 15 is 0 Å². The van der Waals surface area contributed by atoms with Gasteiger partial charge in [-0.3, -0.25) is 4.68 Å². The van der Waals surface area contributed by atoms with Gasteiger partial charge in [0.25, 0.3) is 0 Å². The monoisotopic (exact) mass is 261 g/mol. The van der Waals surface area contributed by atoms with Crippen molar-refractivity contribution in [1.29, 1.82) is 0 Å². The van der Waals surface area contributed by atoms with Crippen molar-refractivity contribution < 1.29 is 0 Å². The number of thiophene rings is 1. The van der Waals surface area contributed by atoms with Gasteiger partial charge in [0.05, 0.1) is 11.4 Å². The van der Waals surface area contributed by atoms with Crippen molar-refractivity contribution in [3.63, 3.8) is 0 Å². The molecule has 0 spiro atoms. The van der Waals surface area contributed by atoms with Crippen molar-refractivity contribution in [2.24, 2.45) is 7.05 Å². The summed E-state index contributed by atoms with van der Waals surface area (Å²) in [6.45, 7) is 3.90. The molecule has 2 aromatic heterocycles. The Bertz CT molecular complexity index is 532. The molecule has 0 bridgehead atoms. The molecule has 1 aliphatic carbocycles. The highest BCUT2D eigenvalue weighted by atomic mass is 32.1. The van der Waals surface area contributed by atoms with Crippen LogP contribution in [0.15, 0.2) is 12.1 Å². The molecule has 18 heavy (non-hydrogen) atoms. The zero-order chi connectivity index (χ0) is 12.5. The summed E-state index contributed by atoms with van der Waals surface area (Å²) in [5, 5.41) is 7.87. The van der Waals surface area contributed by atoms with Crippen molar-refractivity contribution in [3.05, 3.63) is 38.8 Å². The minimum absolute atomic E-state index is 0.889. The van der Waals surface area contributed by atoms with Crippen LogP contribution in [0, 0.1) is 6.92 Å². The van der Waals surface area contributed by atoms with Crippen LogP contribution in [-0.4, -0.2) is 9.78 Å². The van der Waals surface area contributed by atoms with Crippen LogP contribution in [0.25, 0.3) is 0 Å². The van der Waals surface area contributed by atoms with Crippen molar-refractivity contribution in [2.75, 3.05) is 0 Å². The van der Waals surface area contributed by atoms with Crippen LogP contribution >= 0.6 is 11.3 Å². The van der Waals surface area contributed by atoms with Crippen molar-refractivity contribution >= 4 is 11.3 Å². The summed E-state index contributed by atoms with van der Waals surface area (Å²) in [5.41, 5.74) is 3.93. The van der Waals surface area contributed by atoms with Crippen LogP contribution in [0.3, 0.4) is 0 Å². The molecule has 0 aliphatic heterocycles. The molecule has 4 heteroatoms. The lowest BCUT2D eigenvalue weighted by atomic mass is 10.2. The molecular formula is C14H19N3S. The SMILES string of the molecule is Cc1cc(CNCc2cc3c(s2)CCC3)n(C)n1. The molecule has 0 saturated heterocycles. The van der Waals surface area contributed by atoms with Crippen molar-refractivity contribution in [3.8, 4) is 0 Å². The Labute approximate surface area is 112 Å². The fraction of sp³-hybridized carbons (Fsp3) is 0.500. The molecule has 0 saturated carbocycles. The van der Waals surface area contributed by atoms with Crippen LogP contribution in [0.2, 0.25) is 0 Å². The second kappa shape index (κ2) is 4.86. The lowest BCUT2D eigenvalue weighted by Gasteiger charge is -2.03. The first-order valence-corrected chi connectivity index (χ1v) is 7.35. The zero-order valence-electron chi connectivity index (χ0n) is 11.0. The van der Waals surface area contributed by atoms with Gasteiger partial charge in [-0.05, 0) is 43.9 Å². The van der Waals surface area contributed by atoms with E-state index in [-0.39, 0.29) is 0 Å². The van der Waals surface area contributed by atoms with Gasteiger partial charge in [-0.15, -0.1) is 11.3 Å². The van der Waals surface area contributed by atoms with Crippen LogP contribution in [0.1, 0.15) is 33.1 Å². The molecule has 0 radical (unpaired) electrons. The molecule has 0 atom stereocenters. The van der Waals surface area contributed by atoms with Gasteiger partial charge in [-0.1, -0.05) is 0 Å². The van der Waals surface area contributed by atoms with E-state index in [9.17, 15) is 0 Å². The minimum Gasteiger partial charge on any atom is -0.306 e. The molecule has 3 nitrogen and oxygen atoms in total. The summed E-state index contributed by atoms with van der Waals surface area (Å²) in [5.74, 6) is 0. The highest BCUT2D eigenvalue weighted by molar-refractivity contribution is 7.12. The van der Waals surface area contributed by atoms with E-state index in [1.807, 2.05) is 30.0 Å². The molecule has 0 amide bonds. The van der Waals surface area contributed by atoms with E-state index in [1.165, 1.54) is 29.8 Å². The van der Waals surface area contributed by atoms with E-state index < -0.39 is 0 Å². The van der Waals surface area contributed by atoms with Gasteiger partial charge < -0.3 is 5.32 Å². The van der Waals surface area contributed by atoms with Gasteiger partial charge in [-0.25, -0.2) is 0 Å². The van der Waals surface area contributed by atoms with Crippen LogP contribution < -0.4 is 5.32 Å². The molecule has 96 valence electrons. The summed E-state index contributed by atoms with van der Waals surface area (Å²) < 4.78 is 1.96. The Kier molecular flexibility index (Phi) is 3.22. The van der Waals surface area contributed by atoms with Gasteiger partial charge in [0.2, 0.25) is 0 Å². The van der Waals surface area contributed by atoms with Gasteiger partial charge in [0.15, 0.2) is 0 Å². The molecule has 1 aliphatic rings. The Morgan fingerprint density at radius 2 is 2.22 bits per heavy atom. The van der Waals surface area contributed by atoms with Crippen LogP contribution in [-0.2, 0) is 33.0 Å². The summed E-state index contributed by atoms with van der Waals surface area (Å²) in [6.07, 6.45) is 3.93. The van der Waals surface area contributed by atoms with E-state index in [0.29, 0.717) is 0 Å². The average Bonchev–Trinajstić information content (AvgIpc) is 2.94. The lowest BCUT2D eigenvalue weighted by Crippen LogP contribution is -2.14. The topological polar surface area (TPSA) is 29.9 Å². The van der Waals surface area contributed by atoms with Gasteiger partial charge >= 0.3 is 0 Å². The third-order valence-corrected chi connectivity index (χ3v) is 4.74. The molecule has 0 fully saturated rings. The molecule has 0 unspecified atom stereocenters. The Hall–Kier alpha value is -1.13. The standard InChI is InChI=1S/C14H19N3S/c1-10-6-12(17(2)16-10)8-15-9-13-7-11-4-3-5-14(11)18-13/h6-7,15H,3-5,8-9H2,1-2H3. The number of hydrogen-bond donors (Lipinski definition) is 1. The fourth-order valence-electron chi connectivity index (χ4n) is 2.62. The molecule has 1 N–H and O–H groups in total. The summed E-state index contributed by atoms with van der Waals surface area (Å²) in [7, 11) is 2.00. The Balaban J connectivity index is 1.56. The Morgan fingerprint density at radius 1 is 1.33 bits per heavy atom. The van der Waals surface area contributed by atoms with Crippen molar-refractivity contribution in [1.82, 2.24) is 15.1 Å². The number of rotatable bonds is 4. The number of aromatic nitrogens is 2. The van der Waals surface area contributed by atoms with Crippen molar-refractivity contribution in [2.45, 2.75) is 39.3 Å². The third-order valence-electron chi connectivity index (χ3n) is 3.50. The fourth-order valence-corrected chi connectivity index (χ4v) is 3.85. The number of nitrogens with zero attached hydrogens (tertiary/aromatic N) is 2. The largest absolute Gasteiger partial charge is 0.306 e. The molecule has 2 heterocycles. The number of fused-ring (bicyclic) bond motifs is 1. The number of nitrogens with one attached hydrogen (secondary N) is 1. The highest BCUT2D eigenvalue weighted by Gasteiger charge is 2.14. The summed E-state index contributed by atoms with van der Waals surface area (Å²) in [6, 6.07) is 4.52. The lowest BCUT2D eigenvalue weighted by molar-refractivity contribution is 0.628. The third kappa shape index (κ3) is 2.35. The number of aryl methyl sites for hydroxylation is 4. The second-order valence-corrected chi connectivity index (χ2v) is 6.24. The first-order chi connectivity index (χ1) is 8.72. The van der Waals surface area contributed by atoms with E-state index in [0.717, 1.165) is 18.8 Å². The summed E-state index contributed by atoms with van der Waals surface area (Å²) >= 11 is 1.98. The van der Waals surface area contributed by atoms with E-state index in [4.69, 9.17) is 0 Å². The van der Waals surface area contributed by atoms with Gasteiger partial charge in [0.1, 0.15) is 0 Å². The normalized spacial score (nSPS) is 14.1. The van der Waals surface area contributed by atoms with Crippen LogP contribution in [0.5, 0.6) is 0 Å². The molecular weight excluding hydrogens is 242 g/mol. The van der Waals surface area contributed by atoms with E-state index in [1.54, 1.807) is 10.4 Å². The van der Waals surface area contributed by atoms with Gasteiger partial charge in [0, 0.05) is 29.9 Å². The first-order valence-electron chi connectivity index (χ1n) is 6.53. The highest BCUT2D eigenvalue weighted by Crippen LogP contribution is 2.30. The Morgan fingerprint density at radius 3 is 2.94 bits per heavy atom. The van der Waals surface area contributed by atoms with Gasteiger partial charge in [-0.2, -0.15) is 5.10 Å². The maximum absolute atomic E-state index is 4.36. The number of hydrogen-bond acceptors (Lipinski definition) is 3. The minimum atomic E-state index is 0.889. The predicted molar refractivity (Wildman–Crippen MR) is 74.8 cm³/mol. The zero-order valence-corrected chi connectivity index (χ0v) is 11.8. The maximum atomic E-state index is 4.36.